The highest BCUT2D eigenvalue weighted by Crippen LogP contribution is 2.36. The van der Waals surface area contributed by atoms with E-state index < -0.39 is 35.1 Å². The fraction of sp³-hybridized carbons (Fsp3) is 0.400. The number of nitro benzene ring substituents is 1. The van der Waals surface area contributed by atoms with Crippen LogP contribution >= 0.6 is 11.8 Å². The molecule has 0 radical (unpaired) electrons. The molecule has 0 saturated heterocycles. The van der Waals surface area contributed by atoms with E-state index in [2.05, 4.69) is 0 Å². The molecule has 0 fully saturated rings. The zero-order chi connectivity index (χ0) is 14.6. The van der Waals surface area contributed by atoms with Crippen molar-refractivity contribution in [1.82, 2.24) is 0 Å². The monoisotopic (exact) mass is 297 g/mol. The molecular formula is C10H10F3NO4S. The first kappa shape index (κ1) is 15.7. The second-order valence-electron chi connectivity index (χ2n) is 3.58. The summed E-state index contributed by atoms with van der Waals surface area (Å²) in [6, 6.07) is 2.17. The Morgan fingerprint density at radius 3 is 2.53 bits per heavy atom. The number of halogens is 3. The van der Waals surface area contributed by atoms with E-state index in [1.807, 2.05) is 0 Å². The normalized spacial score (nSPS) is 13.3. The Balaban J connectivity index is 3.02. The second-order valence-corrected chi connectivity index (χ2v) is 4.65. The Labute approximate surface area is 110 Å². The van der Waals surface area contributed by atoms with Crippen molar-refractivity contribution in [2.45, 2.75) is 17.2 Å². The fourth-order valence-corrected chi connectivity index (χ4v) is 2.12. The summed E-state index contributed by atoms with van der Waals surface area (Å²) in [5, 5.41) is 28.4. The highest BCUT2D eigenvalue weighted by molar-refractivity contribution is 7.99. The van der Waals surface area contributed by atoms with Crippen LogP contribution in [-0.4, -0.2) is 33.6 Å². The standard InChI is InChI=1S/C10H10F3NO4S/c11-10(12,13)6-1-2-9(8(3-6)14(17)18)19-5-7(16)4-15/h1-3,7,15-16H,4-5H2/t7-/m0/s1. The molecule has 0 spiro atoms. The third kappa shape index (κ3) is 4.37. The number of alkyl halides is 3. The van der Waals surface area contributed by atoms with Crippen molar-refractivity contribution in [2.24, 2.45) is 0 Å². The predicted molar refractivity (Wildman–Crippen MR) is 61.9 cm³/mol. The number of hydrogen-bond donors (Lipinski definition) is 2. The van der Waals surface area contributed by atoms with E-state index in [1.165, 1.54) is 0 Å². The summed E-state index contributed by atoms with van der Waals surface area (Å²) < 4.78 is 37.3. The van der Waals surface area contributed by atoms with E-state index in [-0.39, 0.29) is 10.6 Å². The van der Waals surface area contributed by atoms with Crippen molar-refractivity contribution >= 4 is 17.4 Å². The minimum absolute atomic E-state index is 0.00509. The lowest BCUT2D eigenvalue weighted by atomic mass is 10.2. The lowest BCUT2D eigenvalue weighted by Crippen LogP contribution is -2.14. The molecule has 0 amide bonds. The van der Waals surface area contributed by atoms with Gasteiger partial charge in [0.25, 0.3) is 5.69 Å². The highest BCUT2D eigenvalue weighted by Gasteiger charge is 2.33. The van der Waals surface area contributed by atoms with Gasteiger partial charge in [-0.25, -0.2) is 0 Å². The third-order valence-electron chi connectivity index (χ3n) is 2.12. The van der Waals surface area contributed by atoms with E-state index in [0.717, 1.165) is 23.9 Å². The lowest BCUT2D eigenvalue weighted by Gasteiger charge is -2.10. The fourth-order valence-electron chi connectivity index (χ4n) is 1.20. The van der Waals surface area contributed by atoms with Crippen LogP contribution in [0.4, 0.5) is 18.9 Å². The topological polar surface area (TPSA) is 83.6 Å². The van der Waals surface area contributed by atoms with Gasteiger partial charge in [0.2, 0.25) is 0 Å². The second kappa shape index (κ2) is 6.22. The zero-order valence-corrected chi connectivity index (χ0v) is 10.2. The molecule has 0 heterocycles. The first-order valence-electron chi connectivity index (χ1n) is 5.03. The van der Waals surface area contributed by atoms with Crippen LogP contribution in [0.5, 0.6) is 0 Å². The number of benzene rings is 1. The van der Waals surface area contributed by atoms with Crippen LogP contribution in [0.15, 0.2) is 23.1 Å². The molecular weight excluding hydrogens is 287 g/mol. The van der Waals surface area contributed by atoms with E-state index in [0.29, 0.717) is 6.07 Å². The number of thioether (sulfide) groups is 1. The molecule has 106 valence electrons. The van der Waals surface area contributed by atoms with E-state index in [4.69, 9.17) is 10.2 Å². The predicted octanol–water partition coefficient (Wildman–Crippen LogP) is 2.06. The molecule has 5 nitrogen and oxygen atoms in total. The van der Waals surface area contributed by atoms with Gasteiger partial charge in [0.1, 0.15) is 0 Å². The van der Waals surface area contributed by atoms with Crippen molar-refractivity contribution in [3.63, 3.8) is 0 Å². The molecule has 0 aromatic heterocycles. The van der Waals surface area contributed by atoms with E-state index >= 15 is 0 Å². The minimum Gasteiger partial charge on any atom is -0.394 e. The Morgan fingerprint density at radius 2 is 2.05 bits per heavy atom. The zero-order valence-electron chi connectivity index (χ0n) is 9.42. The number of nitrogens with zero attached hydrogens (tertiary/aromatic N) is 1. The molecule has 1 atom stereocenters. The summed E-state index contributed by atoms with van der Waals surface area (Å²) in [5.41, 5.74) is -1.78. The van der Waals surface area contributed by atoms with Crippen LogP contribution in [0.3, 0.4) is 0 Å². The third-order valence-corrected chi connectivity index (χ3v) is 3.33. The van der Waals surface area contributed by atoms with Gasteiger partial charge in [-0.05, 0) is 12.1 Å². The first-order chi connectivity index (χ1) is 8.75. The SMILES string of the molecule is O=[N+]([O-])c1cc(C(F)(F)F)ccc1SC[C@@H](O)CO. The number of hydrogen-bond acceptors (Lipinski definition) is 5. The molecule has 1 rings (SSSR count). The van der Waals surface area contributed by atoms with Gasteiger partial charge < -0.3 is 10.2 Å². The Morgan fingerprint density at radius 1 is 1.42 bits per heavy atom. The summed E-state index contributed by atoms with van der Waals surface area (Å²) in [6.07, 6.45) is -5.75. The van der Waals surface area contributed by atoms with Crippen molar-refractivity contribution < 1.29 is 28.3 Å². The maximum absolute atomic E-state index is 12.4. The number of rotatable bonds is 5. The minimum atomic E-state index is -4.65. The van der Waals surface area contributed by atoms with E-state index in [9.17, 15) is 23.3 Å². The lowest BCUT2D eigenvalue weighted by molar-refractivity contribution is -0.388. The Bertz CT molecular complexity index is 467. The average Bonchev–Trinajstić information content (AvgIpc) is 2.34. The first-order valence-corrected chi connectivity index (χ1v) is 6.01. The molecule has 19 heavy (non-hydrogen) atoms. The molecule has 9 heteroatoms. The maximum Gasteiger partial charge on any atom is 0.416 e. The van der Waals surface area contributed by atoms with Crippen molar-refractivity contribution in [3.05, 3.63) is 33.9 Å². The molecule has 0 aliphatic rings. The maximum atomic E-state index is 12.4. The van der Waals surface area contributed by atoms with Gasteiger partial charge in [0.15, 0.2) is 0 Å². The smallest absolute Gasteiger partial charge is 0.394 e. The summed E-state index contributed by atoms with van der Waals surface area (Å²) in [7, 11) is 0. The van der Waals surface area contributed by atoms with Crippen molar-refractivity contribution in [1.29, 1.82) is 0 Å². The van der Waals surface area contributed by atoms with Gasteiger partial charge in [0.05, 0.1) is 28.1 Å². The Kier molecular flexibility index (Phi) is 5.15. The summed E-state index contributed by atoms with van der Waals surface area (Å²) >= 11 is 0.808. The van der Waals surface area contributed by atoms with E-state index in [1.54, 1.807) is 0 Å². The average molecular weight is 297 g/mol. The number of nitro groups is 1. The largest absolute Gasteiger partial charge is 0.416 e. The van der Waals surface area contributed by atoms with Crippen LogP contribution in [0, 0.1) is 10.1 Å². The summed E-state index contributed by atoms with van der Waals surface area (Å²) in [4.78, 5) is 9.82. The molecule has 0 saturated carbocycles. The molecule has 1 aromatic rings. The highest BCUT2D eigenvalue weighted by atomic mass is 32.2. The van der Waals surface area contributed by atoms with Crippen LogP contribution in [0.25, 0.3) is 0 Å². The van der Waals surface area contributed by atoms with Gasteiger partial charge in [-0.3, -0.25) is 10.1 Å². The molecule has 1 aromatic carbocycles. The van der Waals surface area contributed by atoms with Crippen molar-refractivity contribution in [3.8, 4) is 0 Å². The van der Waals surface area contributed by atoms with Crippen LogP contribution in [0.1, 0.15) is 5.56 Å². The van der Waals surface area contributed by atoms with Gasteiger partial charge in [-0.1, -0.05) is 0 Å². The van der Waals surface area contributed by atoms with Crippen LogP contribution in [0.2, 0.25) is 0 Å². The van der Waals surface area contributed by atoms with Gasteiger partial charge in [0, 0.05) is 11.8 Å². The van der Waals surface area contributed by atoms with Crippen LogP contribution < -0.4 is 0 Å². The van der Waals surface area contributed by atoms with Crippen molar-refractivity contribution in [2.75, 3.05) is 12.4 Å². The molecule has 2 N–H and O–H groups in total. The summed E-state index contributed by atoms with van der Waals surface area (Å²) in [5.74, 6) is -0.0529. The summed E-state index contributed by atoms with van der Waals surface area (Å²) in [6.45, 7) is -0.526. The van der Waals surface area contributed by atoms with Gasteiger partial charge in [-0.2, -0.15) is 13.2 Å². The molecule has 0 bridgehead atoms. The van der Waals surface area contributed by atoms with Gasteiger partial charge in [-0.15, -0.1) is 11.8 Å². The molecule has 0 aliphatic heterocycles. The molecule has 0 aliphatic carbocycles. The molecule has 0 unspecified atom stereocenters. The number of aliphatic hydroxyl groups excluding tert-OH is 2. The van der Waals surface area contributed by atoms with Crippen LogP contribution in [-0.2, 0) is 6.18 Å². The van der Waals surface area contributed by atoms with Gasteiger partial charge >= 0.3 is 6.18 Å². The number of aliphatic hydroxyl groups is 2. The quantitative estimate of drug-likeness (QED) is 0.494. The Hall–Kier alpha value is -1.32.